The molecular weight excluding hydrogens is 482 g/mol. The number of carbonyl (C=O) groups excluding carboxylic acids is 2. The van der Waals surface area contributed by atoms with E-state index in [2.05, 4.69) is 4.98 Å². The van der Waals surface area contributed by atoms with Gasteiger partial charge in [0.2, 0.25) is 0 Å². The normalized spacial score (nSPS) is 17.6. The number of halogens is 2. The molecule has 2 aromatic heterocycles. The van der Waals surface area contributed by atoms with Crippen molar-refractivity contribution in [1.82, 2.24) is 4.98 Å². The summed E-state index contributed by atoms with van der Waals surface area (Å²) in [6.45, 7) is 2.33. The van der Waals surface area contributed by atoms with Crippen molar-refractivity contribution in [3.63, 3.8) is 0 Å². The third kappa shape index (κ3) is 3.64. The van der Waals surface area contributed by atoms with Gasteiger partial charge < -0.3 is 9.84 Å². The quantitative estimate of drug-likeness (QED) is 0.218. The summed E-state index contributed by atoms with van der Waals surface area (Å²) in [5.41, 5.74) is 0.418. The molecule has 1 atom stereocenters. The van der Waals surface area contributed by atoms with Crippen LogP contribution in [0.25, 0.3) is 16.0 Å². The summed E-state index contributed by atoms with van der Waals surface area (Å²) in [6, 6.07) is 11.0. The molecular formula is C24H16F2N2O4S2. The van der Waals surface area contributed by atoms with Crippen molar-refractivity contribution < 1.29 is 28.2 Å². The second-order valence-corrected chi connectivity index (χ2v) is 9.36. The topological polar surface area (TPSA) is 79.7 Å². The molecule has 0 saturated carbocycles. The molecule has 2 aromatic carbocycles. The van der Waals surface area contributed by atoms with Crippen LogP contribution >= 0.6 is 22.7 Å². The number of thiazole rings is 1. The first-order chi connectivity index (χ1) is 16.4. The monoisotopic (exact) mass is 498 g/mol. The zero-order chi connectivity index (χ0) is 24.0. The van der Waals surface area contributed by atoms with Gasteiger partial charge in [0.15, 0.2) is 16.8 Å². The summed E-state index contributed by atoms with van der Waals surface area (Å²) >= 11 is 2.27. The molecule has 1 unspecified atom stereocenters. The van der Waals surface area contributed by atoms with E-state index in [4.69, 9.17) is 4.74 Å². The van der Waals surface area contributed by atoms with Crippen LogP contribution in [0.5, 0.6) is 5.75 Å². The molecule has 4 aromatic rings. The molecule has 1 fully saturated rings. The SMILES string of the molecule is CCOc1ccc(/C(O)=C2\C(=O)C(=O)N(c3nc4cc(F)c(F)cc4s3)C2c2cccs2)cc1. The molecule has 3 heterocycles. The minimum atomic E-state index is -1.06. The Kier molecular flexibility index (Phi) is 5.62. The van der Waals surface area contributed by atoms with Crippen molar-refractivity contribution in [1.29, 1.82) is 0 Å². The van der Waals surface area contributed by atoms with Gasteiger partial charge in [-0.25, -0.2) is 13.8 Å². The molecule has 6 nitrogen and oxygen atoms in total. The van der Waals surface area contributed by atoms with Crippen molar-refractivity contribution in [2.75, 3.05) is 11.5 Å². The molecule has 172 valence electrons. The van der Waals surface area contributed by atoms with Gasteiger partial charge >= 0.3 is 5.91 Å². The zero-order valence-corrected chi connectivity index (χ0v) is 19.3. The Labute approximate surface area is 200 Å². The largest absolute Gasteiger partial charge is 0.507 e. The van der Waals surface area contributed by atoms with E-state index in [1.807, 2.05) is 6.92 Å². The van der Waals surface area contributed by atoms with Crippen LogP contribution in [0, 0.1) is 11.6 Å². The van der Waals surface area contributed by atoms with E-state index in [-0.39, 0.29) is 22.0 Å². The van der Waals surface area contributed by atoms with E-state index in [9.17, 15) is 23.5 Å². The number of ketones is 1. The number of aliphatic hydroxyl groups excluding tert-OH is 1. The van der Waals surface area contributed by atoms with Gasteiger partial charge in [-0.3, -0.25) is 14.5 Å². The Hall–Kier alpha value is -3.63. The molecule has 1 aliphatic rings. The number of amides is 1. The average molecular weight is 499 g/mol. The summed E-state index contributed by atoms with van der Waals surface area (Å²) in [5.74, 6) is -3.58. The molecule has 1 N–H and O–H groups in total. The maximum absolute atomic E-state index is 13.7. The van der Waals surface area contributed by atoms with Crippen LogP contribution in [0.3, 0.4) is 0 Å². The lowest BCUT2D eigenvalue weighted by molar-refractivity contribution is -0.132. The molecule has 1 saturated heterocycles. The van der Waals surface area contributed by atoms with Crippen molar-refractivity contribution in [3.8, 4) is 5.75 Å². The fraction of sp³-hybridized carbons (Fsp3) is 0.125. The highest BCUT2D eigenvalue weighted by atomic mass is 32.1. The predicted octanol–water partition coefficient (Wildman–Crippen LogP) is 5.66. The molecule has 1 amide bonds. The second-order valence-electron chi connectivity index (χ2n) is 7.37. The van der Waals surface area contributed by atoms with E-state index < -0.39 is 29.4 Å². The van der Waals surface area contributed by atoms with Crippen molar-refractivity contribution in [2.24, 2.45) is 0 Å². The number of carbonyl (C=O) groups is 2. The fourth-order valence-corrected chi connectivity index (χ4v) is 5.61. The van der Waals surface area contributed by atoms with Crippen LogP contribution in [0.15, 0.2) is 59.5 Å². The van der Waals surface area contributed by atoms with E-state index in [0.717, 1.165) is 23.5 Å². The Balaban J connectivity index is 1.66. The van der Waals surface area contributed by atoms with E-state index in [0.29, 0.717) is 27.5 Å². The fourth-order valence-electron chi connectivity index (χ4n) is 3.79. The number of benzene rings is 2. The highest BCUT2D eigenvalue weighted by molar-refractivity contribution is 7.22. The number of nitrogens with zero attached hydrogens (tertiary/aromatic N) is 2. The first-order valence-corrected chi connectivity index (χ1v) is 11.9. The van der Waals surface area contributed by atoms with Gasteiger partial charge in [-0.1, -0.05) is 17.4 Å². The van der Waals surface area contributed by atoms with Crippen LogP contribution in [-0.2, 0) is 9.59 Å². The Morgan fingerprint density at radius 3 is 2.56 bits per heavy atom. The maximum Gasteiger partial charge on any atom is 0.301 e. The number of ether oxygens (including phenoxy) is 1. The lowest BCUT2D eigenvalue weighted by Gasteiger charge is -2.21. The van der Waals surface area contributed by atoms with E-state index in [1.165, 1.54) is 16.2 Å². The van der Waals surface area contributed by atoms with Gasteiger partial charge in [0.05, 0.1) is 22.4 Å². The smallest absolute Gasteiger partial charge is 0.301 e. The predicted molar refractivity (Wildman–Crippen MR) is 126 cm³/mol. The van der Waals surface area contributed by atoms with Crippen LogP contribution in [-0.4, -0.2) is 28.4 Å². The highest BCUT2D eigenvalue weighted by Crippen LogP contribution is 2.45. The third-order valence-corrected chi connectivity index (χ3v) is 7.26. The second kappa shape index (κ2) is 8.62. The summed E-state index contributed by atoms with van der Waals surface area (Å²) in [6.07, 6.45) is 0. The lowest BCUT2D eigenvalue weighted by atomic mass is 10.00. The van der Waals surface area contributed by atoms with E-state index >= 15 is 0 Å². The van der Waals surface area contributed by atoms with Gasteiger partial charge in [0, 0.05) is 16.5 Å². The van der Waals surface area contributed by atoms with Crippen LogP contribution < -0.4 is 9.64 Å². The number of anilines is 1. The molecule has 5 rings (SSSR count). The number of aromatic nitrogens is 1. The minimum absolute atomic E-state index is 0.0896. The summed E-state index contributed by atoms with van der Waals surface area (Å²) in [7, 11) is 0. The summed E-state index contributed by atoms with van der Waals surface area (Å²) in [5, 5.41) is 13.0. The Morgan fingerprint density at radius 2 is 1.88 bits per heavy atom. The maximum atomic E-state index is 13.7. The standard InChI is InChI=1S/C24H16F2N2O4S2/c1-2-32-13-7-5-12(6-8-13)21(29)19-20(17-4-3-9-33-17)28(23(31)22(19)30)24-27-16-10-14(25)15(26)11-18(16)34-24/h3-11,20,29H,2H2,1H3/b21-19+. The number of aliphatic hydroxyl groups is 1. The number of Topliss-reactive ketones (excluding diaryl/α,β-unsaturated/α-hetero) is 1. The highest BCUT2D eigenvalue weighted by Gasteiger charge is 2.48. The van der Waals surface area contributed by atoms with Crippen molar-refractivity contribution in [3.05, 3.63) is 81.6 Å². The molecule has 0 bridgehead atoms. The van der Waals surface area contributed by atoms with Crippen molar-refractivity contribution in [2.45, 2.75) is 13.0 Å². The van der Waals surface area contributed by atoms with Gasteiger partial charge in [-0.2, -0.15) is 0 Å². The first-order valence-electron chi connectivity index (χ1n) is 10.2. The molecule has 10 heteroatoms. The van der Waals surface area contributed by atoms with E-state index in [1.54, 1.807) is 41.8 Å². The molecule has 1 aliphatic heterocycles. The number of hydrogen-bond acceptors (Lipinski definition) is 7. The summed E-state index contributed by atoms with van der Waals surface area (Å²) < 4.78 is 33.2. The van der Waals surface area contributed by atoms with Crippen LogP contribution in [0.2, 0.25) is 0 Å². The number of fused-ring (bicyclic) bond motifs is 1. The molecule has 34 heavy (non-hydrogen) atoms. The van der Waals surface area contributed by atoms with Gasteiger partial charge in [-0.15, -0.1) is 11.3 Å². The number of thiophene rings is 1. The van der Waals surface area contributed by atoms with Gasteiger partial charge in [0.25, 0.3) is 5.78 Å². The lowest BCUT2D eigenvalue weighted by Crippen LogP contribution is -2.28. The van der Waals surface area contributed by atoms with Gasteiger partial charge in [-0.05, 0) is 48.7 Å². The molecule has 0 radical (unpaired) electrons. The van der Waals surface area contributed by atoms with Crippen molar-refractivity contribution >= 4 is 55.5 Å². The van der Waals surface area contributed by atoms with Crippen LogP contribution in [0.1, 0.15) is 23.4 Å². The minimum Gasteiger partial charge on any atom is -0.507 e. The third-order valence-electron chi connectivity index (χ3n) is 5.32. The summed E-state index contributed by atoms with van der Waals surface area (Å²) in [4.78, 5) is 32.4. The Morgan fingerprint density at radius 1 is 1.15 bits per heavy atom. The van der Waals surface area contributed by atoms with Gasteiger partial charge in [0.1, 0.15) is 17.6 Å². The zero-order valence-electron chi connectivity index (χ0n) is 17.6. The molecule has 0 aliphatic carbocycles. The first kappa shape index (κ1) is 22.2. The Bertz CT molecular complexity index is 1410. The number of hydrogen-bond donors (Lipinski definition) is 1. The van der Waals surface area contributed by atoms with Crippen LogP contribution in [0.4, 0.5) is 13.9 Å². The number of rotatable bonds is 5. The molecule has 0 spiro atoms. The average Bonchev–Trinajstić information content (AvgIpc) is 3.54.